The van der Waals surface area contributed by atoms with E-state index in [9.17, 15) is 0 Å². The zero-order chi connectivity index (χ0) is 9.26. The molecule has 0 aliphatic carbocycles. The normalized spacial score (nSPS) is 9.85. The number of hydrogen-bond donors (Lipinski definition) is 0. The minimum absolute atomic E-state index is 0.612. The summed E-state index contributed by atoms with van der Waals surface area (Å²) < 4.78 is 0. The number of hydrogen-bond acceptors (Lipinski definition) is 3. The molecule has 2 rings (SSSR count). The largest absolute Gasteiger partial charge is 0.264 e. The minimum atomic E-state index is 0.612. The maximum atomic E-state index is 8.77. The van der Waals surface area contributed by atoms with Gasteiger partial charge in [0.2, 0.25) is 0 Å². The number of aryl methyl sites for hydroxylation is 1. The van der Waals surface area contributed by atoms with Crippen LogP contribution in [-0.4, -0.2) is 9.97 Å². The van der Waals surface area contributed by atoms with Crippen LogP contribution < -0.4 is 0 Å². The van der Waals surface area contributed by atoms with Crippen molar-refractivity contribution in [3.63, 3.8) is 0 Å². The molecule has 0 unspecified atom stereocenters. The van der Waals surface area contributed by atoms with Crippen molar-refractivity contribution < 1.29 is 0 Å². The van der Waals surface area contributed by atoms with Crippen LogP contribution in [0.15, 0.2) is 24.5 Å². The van der Waals surface area contributed by atoms with Crippen molar-refractivity contribution in [2.45, 2.75) is 6.92 Å². The van der Waals surface area contributed by atoms with Gasteiger partial charge in [-0.05, 0) is 19.1 Å². The van der Waals surface area contributed by atoms with E-state index in [1.54, 1.807) is 12.4 Å². The van der Waals surface area contributed by atoms with Gasteiger partial charge < -0.3 is 0 Å². The van der Waals surface area contributed by atoms with Crippen LogP contribution >= 0.6 is 0 Å². The lowest BCUT2D eigenvalue weighted by Crippen LogP contribution is -1.89. The van der Waals surface area contributed by atoms with Gasteiger partial charge in [0.1, 0.15) is 6.07 Å². The number of fused-ring (bicyclic) bond motifs is 1. The van der Waals surface area contributed by atoms with E-state index >= 15 is 0 Å². The van der Waals surface area contributed by atoms with Crippen LogP contribution in [0.2, 0.25) is 0 Å². The molecule has 2 aromatic heterocycles. The summed E-state index contributed by atoms with van der Waals surface area (Å²) in [5, 5.41) is 9.67. The summed E-state index contributed by atoms with van der Waals surface area (Å²) in [5.41, 5.74) is 2.26. The molecule has 0 fully saturated rings. The Hall–Kier alpha value is -1.95. The van der Waals surface area contributed by atoms with Crippen molar-refractivity contribution >= 4 is 10.9 Å². The molecule has 0 radical (unpaired) electrons. The van der Waals surface area contributed by atoms with Gasteiger partial charge in [0, 0.05) is 17.8 Å². The van der Waals surface area contributed by atoms with Crippen LogP contribution in [0, 0.1) is 18.3 Å². The van der Waals surface area contributed by atoms with Crippen LogP contribution in [-0.2, 0) is 0 Å². The molecule has 13 heavy (non-hydrogen) atoms. The van der Waals surface area contributed by atoms with E-state index in [2.05, 4.69) is 16.0 Å². The summed E-state index contributed by atoms with van der Waals surface area (Å²) in [7, 11) is 0. The van der Waals surface area contributed by atoms with E-state index in [4.69, 9.17) is 5.26 Å². The molecule has 0 spiro atoms. The second-order valence-corrected chi connectivity index (χ2v) is 2.80. The monoisotopic (exact) mass is 169 g/mol. The van der Waals surface area contributed by atoms with Crippen molar-refractivity contribution in [2.75, 3.05) is 0 Å². The quantitative estimate of drug-likeness (QED) is 0.604. The lowest BCUT2D eigenvalue weighted by molar-refractivity contribution is 1.22. The van der Waals surface area contributed by atoms with Crippen LogP contribution in [0.1, 0.15) is 11.3 Å². The molecule has 0 bridgehead atoms. The standard InChI is InChI=1S/C10H7N3/c1-7-8(5-11)4-9-6-12-3-2-10(9)13-7/h2-4,6H,1H3. The Kier molecular flexibility index (Phi) is 1.67. The Morgan fingerprint density at radius 2 is 2.31 bits per heavy atom. The Balaban J connectivity index is 2.83. The average molecular weight is 169 g/mol. The van der Waals surface area contributed by atoms with Gasteiger partial charge in [-0.2, -0.15) is 5.26 Å². The Morgan fingerprint density at radius 3 is 3.08 bits per heavy atom. The molecule has 0 N–H and O–H groups in total. The number of pyridine rings is 2. The fourth-order valence-corrected chi connectivity index (χ4v) is 1.23. The molecule has 0 amide bonds. The number of nitrogens with zero attached hydrogens (tertiary/aromatic N) is 3. The predicted octanol–water partition coefficient (Wildman–Crippen LogP) is 1.81. The highest BCUT2D eigenvalue weighted by Crippen LogP contribution is 2.13. The Labute approximate surface area is 75.7 Å². The van der Waals surface area contributed by atoms with E-state index < -0.39 is 0 Å². The fourth-order valence-electron chi connectivity index (χ4n) is 1.23. The smallest absolute Gasteiger partial charge is 0.101 e. The molecule has 0 aliphatic rings. The van der Waals surface area contributed by atoms with Gasteiger partial charge in [0.25, 0.3) is 0 Å². The van der Waals surface area contributed by atoms with Crippen molar-refractivity contribution in [3.8, 4) is 6.07 Å². The van der Waals surface area contributed by atoms with Crippen LogP contribution in [0.4, 0.5) is 0 Å². The molecule has 3 heteroatoms. The zero-order valence-corrected chi connectivity index (χ0v) is 7.15. The molecule has 2 heterocycles. The average Bonchev–Trinajstić information content (AvgIpc) is 2.17. The maximum Gasteiger partial charge on any atom is 0.101 e. The first-order valence-corrected chi connectivity index (χ1v) is 3.93. The molecule has 3 nitrogen and oxygen atoms in total. The van der Waals surface area contributed by atoms with E-state index in [0.29, 0.717) is 5.56 Å². The van der Waals surface area contributed by atoms with Crippen LogP contribution in [0.25, 0.3) is 10.9 Å². The van der Waals surface area contributed by atoms with Gasteiger partial charge in [-0.25, -0.2) is 0 Å². The molecule has 0 aromatic carbocycles. The first-order chi connectivity index (χ1) is 6.31. The first kappa shape index (κ1) is 7.69. The van der Waals surface area contributed by atoms with Gasteiger partial charge in [-0.3, -0.25) is 9.97 Å². The molecular formula is C10H7N3. The highest BCUT2D eigenvalue weighted by atomic mass is 14.7. The number of aromatic nitrogens is 2. The molecular weight excluding hydrogens is 162 g/mol. The Bertz CT molecular complexity index is 497. The Morgan fingerprint density at radius 1 is 1.46 bits per heavy atom. The third kappa shape index (κ3) is 1.23. The molecule has 62 valence electrons. The SMILES string of the molecule is Cc1nc2ccncc2cc1C#N. The van der Waals surface area contributed by atoms with Crippen molar-refractivity contribution in [1.82, 2.24) is 9.97 Å². The van der Waals surface area contributed by atoms with Gasteiger partial charge >= 0.3 is 0 Å². The lowest BCUT2D eigenvalue weighted by Gasteiger charge is -1.99. The van der Waals surface area contributed by atoms with Crippen molar-refractivity contribution in [1.29, 1.82) is 5.26 Å². The van der Waals surface area contributed by atoms with E-state index in [0.717, 1.165) is 16.6 Å². The van der Waals surface area contributed by atoms with E-state index in [-0.39, 0.29) is 0 Å². The summed E-state index contributed by atoms with van der Waals surface area (Å²) in [5.74, 6) is 0. The molecule has 0 saturated carbocycles. The summed E-state index contributed by atoms with van der Waals surface area (Å²) in [6.07, 6.45) is 3.41. The topological polar surface area (TPSA) is 49.6 Å². The second-order valence-electron chi connectivity index (χ2n) is 2.80. The number of rotatable bonds is 0. The highest BCUT2D eigenvalue weighted by molar-refractivity contribution is 5.79. The molecule has 0 aliphatic heterocycles. The summed E-state index contributed by atoms with van der Waals surface area (Å²) in [6, 6.07) is 5.74. The van der Waals surface area contributed by atoms with Crippen LogP contribution in [0.5, 0.6) is 0 Å². The molecule has 0 saturated heterocycles. The first-order valence-electron chi connectivity index (χ1n) is 3.93. The van der Waals surface area contributed by atoms with Gasteiger partial charge in [0.15, 0.2) is 0 Å². The summed E-state index contributed by atoms with van der Waals surface area (Å²) >= 11 is 0. The third-order valence-electron chi connectivity index (χ3n) is 1.93. The number of nitriles is 1. The van der Waals surface area contributed by atoms with E-state index in [1.807, 2.05) is 19.1 Å². The fraction of sp³-hybridized carbons (Fsp3) is 0.100. The van der Waals surface area contributed by atoms with Crippen molar-refractivity contribution in [2.24, 2.45) is 0 Å². The van der Waals surface area contributed by atoms with Gasteiger partial charge in [0.05, 0.1) is 16.8 Å². The third-order valence-corrected chi connectivity index (χ3v) is 1.93. The lowest BCUT2D eigenvalue weighted by atomic mass is 10.1. The zero-order valence-electron chi connectivity index (χ0n) is 7.15. The van der Waals surface area contributed by atoms with Gasteiger partial charge in [-0.15, -0.1) is 0 Å². The van der Waals surface area contributed by atoms with E-state index in [1.165, 1.54) is 0 Å². The van der Waals surface area contributed by atoms with Crippen LogP contribution in [0.3, 0.4) is 0 Å². The van der Waals surface area contributed by atoms with Gasteiger partial charge in [-0.1, -0.05) is 0 Å². The minimum Gasteiger partial charge on any atom is -0.264 e. The maximum absolute atomic E-state index is 8.77. The molecule has 2 aromatic rings. The van der Waals surface area contributed by atoms with Crippen molar-refractivity contribution in [3.05, 3.63) is 35.8 Å². The second kappa shape index (κ2) is 2.83. The molecule has 0 atom stereocenters. The highest BCUT2D eigenvalue weighted by Gasteiger charge is 2.00. The summed E-state index contributed by atoms with van der Waals surface area (Å²) in [6.45, 7) is 1.83. The summed E-state index contributed by atoms with van der Waals surface area (Å²) in [4.78, 5) is 8.25. The predicted molar refractivity (Wildman–Crippen MR) is 49.0 cm³/mol.